The molecule has 7 heteroatoms. The van der Waals surface area contributed by atoms with E-state index < -0.39 is 11.7 Å². The van der Waals surface area contributed by atoms with Crippen molar-refractivity contribution in [2.24, 2.45) is 0 Å². The number of benzene rings is 1. The molecule has 0 aliphatic carbocycles. The van der Waals surface area contributed by atoms with Crippen molar-refractivity contribution in [2.45, 2.75) is 16.1 Å². The van der Waals surface area contributed by atoms with Crippen molar-refractivity contribution >= 4 is 23.4 Å². The van der Waals surface area contributed by atoms with E-state index in [1.54, 1.807) is 24.3 Å². The molecule has 0 radical (unpaired) electrons. The normalized spacial score (nSPS) is 11.4. The largest absolute Gasteiger partial charge is 0.497 e. The Morgan fingerprint density at radius 1 is 1.20 bits per heavy atom. The van der Waals surface area contributed by atoms with E-state index in [0.717, 1.165) is 23.9 Å². The van der Waals surface area contributed by atoms with Gasteiger partial charge in [-0.05, 0) is 30.3 Å². The van der Waals surface area contributed by atoms with Gasteiger partial charge in [-0.2, -0.15) is 13.2 Å². The van der Waals surface area contributed by atoms with Crippen LogP contribution in [-0.2, 0) is 6.18 Å². The van der Waals surface area contributed by atoms with Crippen LogP contribution in [0.2, 0.25) is 5.15 Å². The fraction of sp³-hybridized carbons (Fsp3) is 0.154. The zero-order chi connectivity index (χ0) is 14.8. The van der Waals surface area contributed by atoms with Crippen LogP contribution in [0, 0.1) is 0 Å². The molecule has 2 rings (SSSR count). The molecule has 0 atom stereocenters. The minimum Gasteiger partial charge on any atom is -0.497 e. The zero-order valence-electron chi connectivity index (χ0n) is 10.2. The lowest BCUT2D eigenvalue weighted by Crippen LogP contribution is -2.05. The van der Waals surface area contributed by atoms with E-state index in [0.29, 0.717) is 10.6 Å². The van der Waals surface area contributed by atoms with Crippen LogP contribution in [0.25, 0.3) is 0 Å². The second kappa shape index (κ2) is 5.93. The molecular weight excluding hydrogens is 311 g/mol. The summed E-state index contributed by atoms with van der Waals surface area (Å²) in [6.45, 7) is 0. The fourth-order valence-corrected chi connectivity index (χ4v) is 2.63. The number of rotatable bonds is 3. The summed E-state index contributed by atoms with van der Waals surface area (Å²) in [6.07, 6.45) is -4.45. The molecule has 0 saturated carbocycles. The summed E-state index contributed by atoms with van der Waals surface area (Å²) < 4.78 is 43.1. The molecule has 0 bridgehead atoms. The molecule has 0 saturated heterocycles. The van der Waals surface area contributed by atoms with Crippen molar-refractivity contribution in [3.05, 3.63) is 47.1 Å². The summed E-state index contributed by atoms with van der Waals surface area (Å²) in [5.41, 5.74) is -0.817. The summed E-state index contributed by atoms with van der Waals surface area (Å²) >= 11 is 6.72. The molecule has 2 nitrogen and oxygen atoms in total. The third kappa shape index (κ3) is 3.80. The monoisotopic (exact) mass is 319 g/mol. The first-order chi connectivity index (χ1) is 9.38. The van der Waals surface area contributed by atoms with E-state index in [-0.39, 0.29) is 10.2 Å². The van der Waals surface area contributed by atoms with Crippen LogP contribution in [0.1, 0.15) is 5.56 Å². The van der Waals surface area contributed by atoms with Gasteiger partial charge in [0.2, 0.25) is 0 Å². The van der Waals surface area contributed by atoms with Gasteiger partial charge in [-0.25, -0.2) is 4.98 Å². The molecule has 0 spiro atoms. The first kappa shape index (κ1) is 15.0. The molecule has 20 heavy (non-hydrogen) atoms. The van der Waals surface area contributed by atoms with Gasteiger partial charge < -0.3 is 4.74 Å². The SMILES string of the molecule is COc1cccc(Sc2cc(C(F)(F)F)cc(Cl)n2)c1. The first-order valence-corrected chi connectivity index (χ1v) is 6.64. The van der Waals surface area contributed by atoms with Crippen LogP contribution < -0.4 is 4.74 Å². The molecule has 0 aliphatic heterocycles. The summed E-state index contributed by atoms with van der Waals surface area (Å²) in [7, 11) is 1.52. The smallest absolute Gasteiger partial charge is 0.416 e. The Morgan fingerprint density at radius 2 is 1.95 bits per heavy atom. The average Bonchev–Trinajstić information content (AvgIpc) is 2.37. The molecule has 1 aromatic carbocycles. The number of nitrogens with zero attached hydrogens (tertiary/aromatic N) is 1. The standard InChI is InChI=1S/C13H9ClF3NOS/c1-19-9-3-2-4-10(7-9)20-12-6-8(13(15,16)17)5-11(14)18-12/h2-7H,1H3. The van der Waals surface area contributed by atoms with Crippen LogP contribution >= 0.6 is 23.4 Å². The predicted octanol–water partition coefficient (Wildman–Crippen LogP) is 4.91. The Balaban J connectivity index is 2.31. The van der Waals surface area contributed by atoms with Crippen molar-refractivity contribution in [2.75, 3.05) is 7.11 Å². The van der Waals surface area contributed by atoms with Crippen molar-refractivity contribution < 1.29 is 17.9 Å². The predicted molar refractivity (Wildman–Crippen MR) is 71.4 cm³/mol. The Kier molecular flexibility index (Phi) is 4.45. The topological polar surface area (TPSA) is 22.1 Å². The van der Waals surface area contributed by atoms with Crippen molar-refractivity contribution in [3.8, 4) is 5.75 Å². The Bertz CT molecular complexity index is 619. The number of halogens is 4. The molecule has 2 aromatic rings. The molecule has 0 fully saturated rings. The van der Waals surface area contributed by atoms with E-state index in [1.807, 2.05) is 0 Å². The molecule has 0 unspecified atom stereocenters. The minimum atomic E-state index is -4.45. The second-order valence-corrected chi connectivity index (χ2v) is 5.28. The van der Waals surface area contributed by atoms with Gasteiger partial charge in [0.25, 0.3) is 0 Å². The third-order valence-corrected chi connectivity index (χ3v) is 3.46. The van der Waals surface area contributed by atoms with Crippen molar-refractivity contribution in [1.29, 1.82) is 0 Å². The number of ether oxygens (including phenoxy) is 1. The van der Waals surface area contributed by atoms with Crippen LogP contribution in [0.15, 0.2) is 46.3 Å². The number of aromatic nitrogens is 1. The highest BCUT2D eigenvalue weighted by atomic mass is 35.5. The molecule has 0 aliphatic rings. The first-order valence-electron chi connectivity index (χ1n) is 5.45. The summed E-state index contributed by atoms with van der Waals surface area (Å²) in [5.74, 6) is 0.619. The summed E-state index contributed by atoms with van der Waals surface area (Å²) in [6, 6.07) is 8.73. The molecule has 0 N–H and O–H groups in total. The quantitative estimate of drug-likeness (QED) is 0.750. The minimum absolute atomic E-state index is 0.179. The van der Waals surface area contributed by atoms with Crippen molar-refractivity contribution in [3.63, 3.8) is 0 Å². The van der Waals surface area contributed by atoms with E-state index in [4.69, 9.17) is 16.3 Å². The second-order valence-electron chi connectivity index (χ2n) is 3.80. The van der Waals surface area contributed by atoms with Gasteiger partial charge in [0.1, 0.15) is 15.9 Å². The number of pyridine rings is 1. The van der Waals surface area contributed by atoms with Crippen LogP contribution in [0.4, 0.5) is 13.2 Å². The van der Waals surface area contributed by atoms with Gasteiger partial charge in [0.15, 0.2) is 0 Å². The van der Waals surface area contributed by atoms with Crippen molar-refractivity contribution in [1.82, 2.24) is 4.98 Å². The number of methoxy groups -OCH3 is 1. The maximum Gasteiger partial charge on any atom is 0.416 e. The van der Waals surface area contributed by atoms with Gasteiger partial charge in [-0.15, -0.1) is 0 Å². The number of alkyl halides is 3. The van der Waals surface area contributed by atoms with Gasteiger partial charge >= 0.3 is 6.18 Å². The molecule has 0 amide bonds. The number of hydrogen-bond donors (Lipinski definition) is 0. The lowest BCUT2D eigenvalue weighted by Gasteiger charge is -2.09. The maximum atomic E-state index is 12.7. The maximum absolute atomic E-state index is 12.7. The Labute approximate surface area is 122 Å². The van der Waals surface area contributed by atoms with Gasteiger partial charge in [0, 0.05) is 4.90 Å². The van der Waals surface area contributed by atoms with Gasteiger partial charge in [-0.1, -0.05) is 29.4 Å². The molecule has 1 aromatic heterocycles. The highest BCUT2D eigenvalue weighted by Crippen LogP contribution is 2.35. The summed E-state index contributed by atoms with van der Waals surface area (Å²) in [4.78, 5) is 4.60. The average molecular weight is 320 g/mol. The lowest BCUT2D eigenvalue weighted by molar-refractivity contribution is -0.137. The highest BCUT2D eigenvalue weighted by Gasteiger charge is 2.31. The molecular formula is C13H9ClF3NOS. The van der Waals surface area contributed by atoms with Gasteiger partial charge in [0.05, 0.1) is 12.7 Å². The lowest BCUT2D eigenvalue weighted by atomic mass is 10.3. The van der Waals surface area contributed by atoms with Crippen LogP contribution in [-0.4, -0.2) is 12.1 Å². The Morgan fingerprint density at radius 3 is 2.60 bits per heavy atom. The van der Waals surface area contributed by atoms with E-state index in [9.17, 15) is 13.2 Å². The van der Waals surface area contributed by atoms with Crippen LogP contribution in [0.3, 0.4) is 0 Å². The number of hydrogen-bond acceptors (Lipinski definition) is 3. The third-order valence-electron chi connectivity index (χ3n) is 2.36. The van der Waals surface area contributed by atoms with E-state index in [1.165, 1.54) is 7.11 Å². The van der Waals surface area contributed by atoms with Gasteiger partial charge in [-0.3, -0.25) is 0 Å². The summed E-state index contributed by atoms with van der Waals surface area (Å²) in [5, 5.41) is -0.0108. The van der Waals surface area contributed by atoms with E-state index in [2.05, 4.69) is 4.98 Å². The molecule has 1 heterocycles. The highest BCUT2D eigenvalue weighted by molar-refractivity contribution is 7.99. The van der Waals surface area contributed by atoms with Crippen LogP contribution in [0.5, 0.6) is 5.75 Å². The zero-order valence-corrected chi connectivity index (χ0v) is 11.8. The van der Waals surface area contributed by atoms with E-state index >= 15 is 0 Å². The molecule has 106 valence electrons. The Hall–Kier alpha value is -1.40. The fourth-order valence-electron chi connectivity index (χ4n) is 1.47.